The molecule has 130 valence electrons. The molecule has 2 N–H and O–H groups in total. The van der Waals surface area contributed by atoms with E-state index in [4.69, 9.17) is 10.7 Å². The standard InChI is InChI=1S/C20H23FN4/c1-14-3-2-9-24(14)10-8-17-13-25-12-16(5-7-20(25)23-17)15-4-6-18(21)19(22)11-15/h4-7,11-14H,2-3,8-10,22H2,1H3/t14-/m1/s1. The molecule has 0 radical (unpaired) electrons. The summed E-state index contributed by atoms with van der Waals surface area (Å²) in [6, 6.07) is 9.51. The van der Waals surface area contributed by atoms with Gasteiger partial charge in [-0.1, -0.05) is 6.07 Å². The molecule has 0 amide bonds. The van der Waals surface area contributed by atoms with Gasteiger partial charge in [-0.15, -0.1) is 0 Å². The normalized spacial score (nSPS) is 18.2. The van der Waals surface area contributed by atoms with Gasteiger partial charge in [0, 0.05) is 31.4 Å². The molecule has 3 heterocycles. The zero-order valence-electron chi connectivity index (χ0n) is 14.5. The summed E-state index contributed by atoms with van der Waals surface area (Å²) in [5.74, 6) is -0.383. The Hall–Kier alpha value is -2.40. The molecule has 1 aliphatic heterocycles. The number of nitrogen functional groups attached to an aromatic ring is 1. The lowest BCUT2D eigenvalue weighted by molar-refractivity contribution is 0.271. The Morgan fingerprint density at radius 3 is 2.80 bits per heavy atom. The van der Waals surface area contributed by atoms with Crippen LogP contribution < -0.4 is 5.73 Å². The van der Waals surface area contributed by atoms with Gasteiger partial charge in [0.15, 0.2) is 0 Å². The average Bonchev–Trinajstić information content (AvgIpc) is 3.20. The number of halogens is 1. The molecule has 0 spiro atoms. The molecule has 1 fully saturated rings. The predicted octanol–water partition coefficient (Wildman–Crippen LogP) is 3.75. The number of rotatable bonds is 4. The molecule has 0 aliphatic carbocycles. The molecule has 0 saturated carbocycles. The fourth-order valence-electron chi connectivity index (χ4n) is 3.64. The number of nitrogens with two attached hydrogens (primary N) is 1. The van der Waals surface area contributed by atoms with Gasteiger partial charge in [-0.2, -0.15) is 0 Å². The number of benzene rings is 1. The van der Waals surface area contributed by atoms with Crippen molar-refractivity contribution in [3.8, 4) is 11.1 Å². The Bertz CT molecular complexity index is 902. The minimum Gasteiger partial charge on any atom is -0.396 e. The number of aromatic nitrogens is 2. The molecule has 1 saturated heterocycles. The number of likely N-dealkylation sites (tertiary alicyclic amines) is 1. The summed E-state index contributed by atoms with van der Waals surface area (Å²) < 4.78 is 15.4. The van der Waals surface area contributed by atoms with Gasteiger partial charge in [0.2, 0.25) is 0 Å². The summed E-state index contributed by atoms with van der Waals surface area (Å²) in [4.78, 5) is 7.26. The molecular formula is C20H23FN4. The third-order valence-electron chi connectivity index (χ3n) is 5.18. The fourth-order valence-corrected chi connectivity index (χ4v) is 3.64. The monoisotopic (exact) mass is 338 g/mol. The highest BCUT2D eigenvalue weighted by Crippen LogP contribution is 2.24. The van der Waals surface area contributed by atoms with E-state index in [1.165, 1.54) is 25.5 Å². The smallest absolute Gasteiger partial charge is 0.146 e. The molecule has 0 bridgehead atoms. The maximum absolute atomic E-state index is 13.4. The van der Waals surface area contributed by atoms with E-state index >= 15 is 0 Å². The van der Waals surface area contributed by atoms with Crippen LogP contribution in [0.3, 0.4) is 0 Å². The first-order chi connectivity index (χ1) is 12.1. The van der Waals surface area contributed by atoms with Crippen LogP contribution >= 0.6 is 0 Å². The van der Waals surface area contributed by atoms with Crippen molar-refractivity contribution in [2.24, 2.45) is 0 Å². The van der Waals surface area contributed by atoms with E-state index in [-0.39, 0.29) is 11.5 Å². The van der Waals surface area contributed by atoms with Crippen LogP contribution in [0.25, 0.3) is 16.8 Å². The molecule has 1 aromatic carbocycles. The second kappa shape index (κ2) is 6.48. The van der Waals surface area contributed by atoms with E-state index in [0.717, 1.165) is 35.4 Å². The second-order valence-electron chi connectivity index (χ2n) is 6.93. The Balaban J connectivity index is 1.55. The van der Waals surface area contributed by atoms with Crippen molar-refractivity contribution in [2.75, 3.05) is 18.8 Å². The van der Waals surface area contributed by atoms with Gasteiger partial charge in [-0.3, -0.25) is 0 Å². The zero-order chi connectivity index (χ0) is 17.4. The molecular weight excluding hydrogens is 315 g/mol. The lowest BCUT2D eigenvalue weighted by Gasteiger charge is -2.19. The van der Waals surface area contributed by atoms with Crippen LogP contribution in [-0.2, 0) is 6.42 Å². The number of hydrogen-bond donors (Lipinski definition) is 1. The van der Waals surface area contributed by atoms with Crippen molar-refractivity contribution < 1.29 is 4.39 Å². The number of pyridine rings is 1. The van der Waals surface area contributed by atoms with E-state index < -0.39 is 0 Å². The number of hydrogen-bond acceptors (Lipinski definition) is 3. The molecule has 0 unspecified atom stereocenters. The molecule has 5 heteroatoms. The minimum absolute atomic E-state index is 0.170. The third-order valence-corrected chi connectivity index (χ3v) is 5.18. The van der Waals surface area contributed by atoms with Crippen LogP contribution in [0.2, 0.25) is 0 Å². The quantitative estimate of drug-likeness (QED) is 0.737. The number of imidazole rings is 1. The van der Waals surface area contributed by atoms with Gasteiger partial charge in [0.25, 0.3) is 0 Å². The largest absolute Gasteiger partial charge is 0.396 e. The number of nitrogens with zero attached hydrogens (tertiary/aromatic N) is 3. The highest BCUT2D eigenvalue weighted by molar-refractivity contribution is 5.68. The first-order valence-corrected chi connectivity index (χ1v) is 8.87. The van der Waals surface area contributed by atoms with Crippen molar-refractivity contribution in [2.45, 2.75) is 32.2 Å². The number of anilines is 1. The third kappa shape index (κ3) is 3.24. The highest BCUT2D eigenvalue weighted by Gasteiger charge is 2.19. The zero-order valence-corrected chi connectivity index (χ0v) is 14.5. The lowest BCUT2D eigenvalue weighted by Crippen LogP contribution is -2.29. The van der Waals surface area contributed by atoms with Crippen LogP contribution in [0.5, 0.6) is 0 Å². The van der Waals surface area contributed by atoms with E-state index in [2.05, 4.69) is 18.0 Å². The van der Waals surface area contributed by atoms with Crippen molar-refractivity contribution in [3.05, 3.63) is 54.2 Å². The van der Waals surface area contributed by atoms with Crippen molar-refractivity contribution in [1.82, 2.24) is 14.3 Å². The maximum atomic E-state index is 13.4. The first-order valence-electron chi connectivity index (χ1n) is 8.87. The van der Waals surface area contributed by atoms with E-state index in [1.54, 1.807) is 12.1 Å². The van der Waals surface area contributed by atoms with E-state index in [1.807, 2.05) is 22.7 Å². The Morgan fingerprint density at radius 1 is 1.20 bits per heavy atom. The van der Waals surface area contributed by atoms with Crippen molar-refractivity contribution >= 4 is 11.3 Å². The summed E-state index contributed by atoms with van der Waals surface area (Å²) in [5.41, 5.74) is 9.80. The molecule has 1 atom stereocenters. The van der Waals surface area contributed by atoms with Gasteiger partial charge in [-0.05, 0) is 61.7 Å². The van der Waals surface area contributed by atoms with Crippen LogP contribution in [0.1, 0.15) is 25.5 Å². The van der Waals surface area contributed by atoms with Gasteiger partial charge in [0.1, 0.15) is 11.5 Å². The van der Waals surface area contributed by atoms with Crippen LogP contribution in [0, 0.1) is 5.82 Å². The van der Waals surface area contributed by atoms with Crippen LogP contribution in [0.4, 0.5) is 10.1 Å². The summed E-state index contributed by atoms with van der Waals surface area (Å²) in [6.45, 7) is 4.56. The predicted molar refractivity (Wildman–Crippen MR) is 99.0 cm³/mol. The maximum Gasteiger partial charge on any atom is 0.146 e. The summed E-state index contributed by atoms with van der Waals surface area (Å²) in [5, 5.41) is 0. The number of fused-ring (bicyclic) bond motifs is 1. The SMILES string of the molecule is C[C@@H]1CCCN1CCc1cn2cc(-c3ccc(F)c(N)c3)ccc2n1. The van der Waals surface area contributed by atoms with Gasteiger partial charge in [0.05, 0.1) is 11.4 Å². The molecule has 25 heavy (non-hydrogen) atoms. The molecule has 4 rings (SSSR count). The van der Waals surface area contributed by atoms with Crippen molar-refractivity contribution in [3.63, 3.8) is 0 Å². The average molecular weight is 338 g/mol. The Labute approximate surface area is 147 Å². The fraction of sp³-hybridized carbons (Fsp3) is 0.350. The lowest BCUT2D eigenvalue weighted by atomic mass is 10.1. The molecule has 1 aliphatic rings. The van der Waals surface area contributed by atoms with Crippen molar-refractivity contribution in [1.29, 1.82) is 0 Å². The summed E-state index contributed by atoms with van der Waals surface area (Å²) in [6.07, 6.45) is 7.68. The summed E-state index contributed by atoms with van der Waals surface area (Å²) in [7, 11) is 0. The second-order valence-corrected chi connectivity index (χ2v) is 6.93. The molecule has 4 nitrogen and oxygen atoms in total. The summed E-state index contributed by atoms with van der Waals surface area (Å²) >= 11 is 0. The first kappa shape index (κ1) is 16.1. The topological polar surface area (TPSA) is 46.6 Å². The van der Waals surface area contributed by atoms with Crippen LogP contribution in [-0.4, -0.2) is 33.4 Å². The molecule has 2 aromatic heterocycles. The van der Waals surface area contributed by atoms with E-state index in [0.29, 0.717) is 6.04 Å². The van der Waals surface area contributed by atoms with Gasteiger partial charge >= 0.3 is 0 Å². The van der Waals surface area contributed by atoms with Gasteiger partial charge < -0.3 is 15.0 Å². The highest BCUT2D eigenvalue weighted by atomic mass is 19.1. The minimum atomic E-state index is -0.383. The Kier molecular flexibility index (Phi) is 4.17. The van der Waals surface area contributed by atoms with Crippen LogP contribution in [0.15, 0.2) is 42.7 Å². The van der Waals surface area contributed by atoms with Gasteiger partial charge in [-0.25, -0.2) is 9.37 Å². The Morgan fingerprint density at radius 2 is 2.04 bits per heavy atom. The molecule has 3 aromatic rings. The van der Waals surface area contributed by atoms with E-state index in [9.17, 15) is 4.39 Å².